The van der Waals surface area contributed by atoms with Gasteiger partial charge in [0.25, 0.3) is 0 Å². The number of anilines is 1. The van der Waals surface area contributed by atoms with Crippen LogP contribution < -0.4 is 4.90 Å². The highest BCUT2D eigenvalue weighted by atomic mass is 19.1. The maximum absolute atomic E-state index is 13.5. The fourth-order valence-electron chi connectivity index (χ4n) is 2.38. The van der Waals surface area contributed by atoms with Crippen molar-refractivity contribution in [2.45, 2.75) is 25.5 Å². The molecule has 0 N–H and O–H groups in total. The molecular weight excluding hydrogens is 239 g/mol. The maximum Gasteiger partial charge on any atom is 0.327 e. The molecule has 0 amide bonds. The van der Waals surface area contributed by atoms with Crippen molar-refractivity contribution < 1.29 is 14.1 Å². The minimum atomic E-state index is -0.809. The Balaban J connectivity index is 2.38. The second-order valence-electron chi connectivity index (χ2n) is 4.41. The zero-order valence-electron chi connectivity index (χ0n) is 10.3. The predicted molar refractivity (Wildman–Crippen MR) is 65.3 cm³/mol. The number of nitro benzene ring substituents is 1. The lowest BCUT2D eigenvalue weighted by Gasteiger charge is -2.28. The normalized spacial score (nSPS) is 23.1. The summed E-state index contributed by atoms with van der Waals surface area (Å²) in [6.07, 6.45) is 0.767. The van der Waals surface area contributed by atoms with Crippen LogP contribution in [0.2, 0.25) is 0 Å². The summed E-state index contributed by atoms with van der Waals surface area (Å²) in [7, 11) is 1.73. The Kier molecular flexibility index (Phi) is 3.47. The highest BCUT2D eigenvalue weighted by molar-refractivity contribution is 5.64. The molecule has 2 unspecified atom stereocenters. The molecule has 2 rings (SSSR count). The number of nitrogens with zero attached hydrogens (tertiary/aromatic N) is 2. The smallest absolute Gasteiger partial charge is 0.327 e. The molecule has 98 valence electrons. The number of para-hydroxylation sites is 1. The Labute approximate surface area is 104 Å². The van der Waals surface area contributed by atoms with Gasteiger partial charge in [0.1, 0.15) is 5.69 Å². The van der Waals surface area contributed by atoms with Crippen molar-refractivity contribution in [2.75, 3.05) is 18.6 Å². The van der Waals surface area contributed by atoms with Crippen LogP contribution in [0.3, 0.4) is 0 Å². The molecular formula is C12H15FN2O3. The molecule has 1 heterocycles. The summed E-state index contributed by atoms with van der Waals surface area (Å²) in [6, 6.07) is 4.18. The summed E-state index contributed by atoms with van der Waals surface area (Å²) in [5, 5.41) is 11.0. The van der Waals surface area contributed by atoms with Gasteiger partial charge in [-0.25, -0.2) is 0 Å². The standard InChI is InChI=1S/C12H15FN2O3/c1-8-10(6-7-18-8)14(2)11-5-3-4-9(13)12(11)15(16)17/h3-5,8,10H,6-7H2,1-2H3. The van der Waals surface area contributed by atoms with E-state index in [1.54, 1.807) is 18.0 Å². The molecule has 0 bridgehead atoms. The first-order valence-corrected chi connectivity index (χ1v) is 5.79. The van der Waals surface area contributed by atoms with Gasteiger partial charge in [0.2, 0.25) is 5.82 Å². The van der Waals surface area contributed by atoms with Crippen LogP contribution in [-0.2, 0) is 4.74 Å². The molecule has 0 saturated carbocycles. The van der Waals surface area contributed by atoms with Crippen LogP contribution in [0.15, 0.2) is 18.2 Å². The quantitative estimate of drug-likeness (QED) is 0.613. The molecule has 0 aromatic heterocycles. The first kappa shape index (κ1) is 12.8. The number of hydrogen-bond acceptors (Lipinski definition) is 4. The number of halogens is 1. The Morgan fingerprint density at radius 3 is 2.83 bits per heavy atom. The molecule has 1 aliphatic rings. The van der Waals surface area contributed by atoms with Gasteiger partial charge in [-0.2, -0.15) is 4.39 Å². The van der Waals surface area contributed by atoms with E-state index in [0.717, 1.165) is 12.5 Å². The van der Waals surface area contributed by atoms with E-state index in [-0.39, 0.29) is 12.1 Å². The third-order valence-electron chi connectivity index (χ3n) is 3.36. The molecule has 0 spiro atoms. The average molecular weight is 254 g/mol. The van der Waals surface area contributed by atoms with E-state index in [2.05, 4.69) is 0 Å². The van der Waals surface area contributed by atoms with Crippen LogP contribution in [0.5, 0.6) is 0 Å². The lowest BCUT2D eigenvalue weighted by Crippen LogP contribution is -2.37. The highest BCUT2D eigenvalue weighted by Gasteiger charge is 2.32. The van der Waals surface area contributed by atoms with Crippen LogP contribution in [0.1, 0.15) is 13.3 Å². The lowest BCUT2D eigenvalue weighted by atomic mass is 10.1. The van der Waals surface area contributed by atoms with Gasteiger partial charge < -0.3 is 9.64 Å². The second-order valence-corrected chi connectivity index (χ2v) is 4.41. The van der Waals surface area contributed by atoms with Crippen LogP contribution in [0.25, 0.3) is 0 Å². The first-order chi connectivity index (χ1) is 8.52. The molecule has 5 nitrogen and oxygen atoms in total. The molecule has 1 aliphatic heterocycles. The molecule has 1 saturated heterocycles. The van der Waals surface area contributed by atoms with Gasteiger partial charge in [-0.15, -0.1) is 0 Å². The van der Waals surface area contributed by atoms with E-state index in [9.17, 15) is 14.5 Å². The van der Waals surface area contributed by atoms with Crippen molar-refractivity contribution in [3.8, 4) is 0 Å². The van der Waals surface area contributed by atoms with Crippen molar-refractivity contribution in [3.05, 3.63) is 34.1 Å². The van der Waals surface area contributed by atoms with Crippen LogP contribution >= 0.6 is 0 Å². The van der Waals surface area contributed by atoms with E-state index < -0.39 is 16.4 Å². The van der Waals surface area contributed by atoms with Gasteiger partial charge >= 0.3 is 5.69 Å². The zero-order chi connectivity index (χ0) is 13.3. The molecule has 6 heteroatoms. The SMILES string of the molecule is CC1OCCC1N(C)c1cccc(F)c1[N+](=O)[O-]. The Morgan fingerprint density at radius 2 is 2.28 bits per heavy atom. The van der Waals surface area contributed by atoms with E-state index in [1.165, 1.54) is 6.07 Å². The summed E-state index contributed by atoms with van der Waals surface area (Å²) in [5.41, 5.74) is -0.179. The maximum atomic E-state index is 13.5. The number of rotatable bonds is 3. The van der Waals surface area contributed by atoms with E-state index in [1.807, 2.05) is 6.92 Å². The summed E-state index contributed by atoms with van der Waals surface area (Å²) >= 11 is 0. The monoisotopic (exact) mass is 254 g/mol. The molecule has 2 atom stereocenters. The van der Waals surface area contributed by atoms with Gasteiger partial charge in [0.05, 0.1) is 17.1 Å². The topological polar surface area (TPSA) is 55.6 Å². The van der Waals surface area contributed by atoms with Crippen LogP contribution in [0.4, 0.5) is 15.8 Å². The number of nitro groups is 1. The van der Waals surface area contributed by atoms with E-state index in [4.69, 9.17) is 4.74 Å². The van der Waals surface area contributed by atoms with Crippen molar-refractivity contribution in [2.24, 2.45) is 0 Å². The third-order valence-corrected chi connectivity index (χ3v) is 3.36. The summed E-state index contributed by atoms with van der Waals surface area (Å²) in [5.74, 6) is -0.809. The average Bonchev–Trinajstić information content (AvgIpc) is 2.73. The number of hydrogen-bond donors (Lipinski definition) is 0. The van der Waals surface area contributed by atoms with Crippen molar-refractivity contribution >= 4 is 11.4 Å². The first-order valence-electron chi connectivity index (χ1n) is 5.79. The molecule has 0 aliphatic carbocycles. The minimum absolute atomic E-state index is 0.0159. The summed E-state index contributed by atoms with van der Waals surface area (Å²) < 4.78 is 19.0. The second kappa shape index (κ2) is 4.89. The van der Waals surface area contributed by atoms with Gasteiger partial charge in [-0.1, -0.05) is 6.07 Å². The van der Waals surface area contributed by atoms with Crippen molar-refractivity contribution in [1.29, 1.82) is 0 Å². The summed E-state index contributed by atoms with van der Waals surface area (Å²) in [4.78, 5) is 12.0. The third kappa shape index (κ3) is 2.15. The van der Waals surface area contributed by atoms with Crippen molar-refractivity contribution in [1.82, 2.24) is 0 Å². The number of likely N-dealkylation sites (N-methyl/N-ethyl adjacent to an activating group) is 1. The Hall–Kier alpha value is -1.69. The fraction of sp³-hybridized carbons (Fsp3) is 0.500. The molecule has 0 radical (unpaired) electrons. The van der Waals surface area contributed by atoms with Crippen LogP contribution in [-0.4, -0.2) is 30.7 Å². The van der Waals surface area contributed by atoms with Crippen molar-refractivity contribution in [3.63, 3.8) is 0 Å². The lowest BCUT2D eigenvalue weighted by molar-refractivity contribution is -0.386. The van der Waals surface area contributed by atoms with E-state index in [0.29, 0.717) is 12.3 Å². The molecule has 1 aromatic rings. The van der Waals surface area contributed by atoms with Gasteiger partial charge in [-0.05, 0) is 25.5 Å². The van der Waals surface area contributed by atoms with Gasteiger partial charge in [-0.3, -0.25) is 10.1 Å². The molecule has 18 heavy (non-hydrogen) atoms. The Bertz CT molecular complexity index is 467. The Morgan fingerprint density at radius 1 is 1.56 bits per heavy atom. The molecule has 1 aromatic carbocycles. The largest absolute Gasteiger partial charge is 0.376 e. The predicted octanol–water partition coefficient (Wildman–Crippen LogP) is 2.35. The number of benzene rings is 1. The van der Waals surface area contributed by atoms with Crippen LogP contribution in [0, 0.1) is 15.9 Å². The minimum Gasteiger partial charge on any atom is -0.376 e. The molecule has 1 fully saturated rings. The highest BCUT2D eigenvalue weighted by Crippen LogP contribution is 2.33. The van der Waals surface area contributed by atoms with E-state index >= 15 is 0 Å². The van der Waals surface area contributed by atoms with Gasteiger partial charge in [0.15, 0.2) is 0 Å². The zero-order valence-corrected chi connectivity index (χ0v) is 10.3. The summed E-state index contributed by atoms with van der Waals surface area (Å²) in [6.45, 7) is 2.54. The number of ether oxygens (including phenoxy) is 1. The van der Waals surface area contributed by atoms with Gasteiger partial charge in [0, 0.05) is 13.7 Å². The fourth-order valence-corrected chi connectivity index (χ4v) is 2.38.